The second-order valence-corrected chi connectivity index (χ2v) is 6.85. The third kappa shape index (κ3) is 4.70. The quantitative estimate of drug-likeness (QED) is 0.571. The number of aromatic amines is 1. The Morgan fingerprint density at radius 2 is 1.81 bits per heavy atom. The van der Waals surface area contributed by atoms with E-state index in [4.69, 9.17) is 32.7 Å². The van der Waals surface area contributed by atoms with Crippen molar-refractivity contribution in [3.8, 4) is 0 Å². The molecule has 1 aromatic carbocycles. The van der Waals surface area contributed by atoms with Crippen molar-refractivity contribution in [3.63, 3.8) is 0 Å². The number of methoxy groups -OCH3 is 1. The maximum Gasteiger partial charge on any atom is 0.339 e. The highest BCUT2D eigenvalue weighted by Gasteiger charge is 2.27. The molecule has 1 atom stereocenters. The van der Waals surface area contributed by atoms with Crippen molar-refractivity contribution in [1.82, 2.24) is 4.98 Å². The molecule has 8 heteroatoms. The van der Waals surface area contributed by atoms with Gasteiger partial charge in [-0.15, -0.1) is 0 Å². The summed E-state index contributed by atoms with van der Waals surface area (Å²) < 4.78 is 9.96. The number of hydrogen-bond donors (Lipinski definition) is 1. The van der Waals surface area contributed by atoms with Crippen LogP contribution in [0.1, 0.15) is 44.6 Å². The molecular weight excluding hydrogens is 393 g/mol. The van der Waals surface area contributed by atoms with Crippen LogP contribution in [0.5, 0.6) is 0 Å². The predicted molar refractivity (Wildman–Crippen MR) is 102 cm³/mol. The summed E-state index contributed by atoms with van der Waals surface area (Å²) in [4.78, 5) is 39.5. The number of carbonyl (C=O) groups is 3. The third-order valence-electron chi connectivity index (χ3n) is 4.08. The van der Waals surface area contributed by atoms with E-state index in [1.165, 1.54) is 14.0 Å². The minimum Gasteiger partial charge on any atom is -0.465 e. The lowest BCUT2D eigenvalue weighted by atomic mass is 10.1. The van der Waals surface area contributed by atoms with E-state index in [1.54, 1.807) is 32.0 Å². The molecule has 1 heterocycles. The Hall–Kier alpha value is -2.31. The zero-order valence-corrected chi connectivity index (χ0v) is 16.8. The van der Waals surface area contributed by atoms with Gasteiger partial charge in [0.15, 0.2) is 6.10 Å². The fraction of sp³-hybridized carbons (Fsp3) is 0.316. The number of rotatable bonds is 6. The van der Waals surface area contributed by atoms with Crippen molar-refractivity contribution in [2.75, 3.05) is 7.11 Å². The van der Waals surface area contributed by atoms with Gasteiger partial charge in [-0.2, -0.15) is 0 Å². The zero-order chi connectivity index (χ0) is 20.3. The normalized spacial score (nSPS) is 11.8. The number of halogens is 2. The minimum absolute atomic E-state index is 0.0509. The highest BCUT2D eigenvalue weighted by atomic mass is 35.5. The molecule has 1 N–H and O–H groups in total. The van der Waals surface area contributed by atoms with Gasteiger partial charge in [-0.05, 0) is 44.0 Å². The first kappa shape index (κ1) is 21.0. The van der Waals surface area contributed by atoms with Gasteiger partial charge in [0.2, 0.25) is 5.78 Å². The van der Waals surface area contributed by atoms with Gasteiger partial charge in [0, 0.05) is 5.69 Å². The Morgan fingerprint density at radius 3 is 2.41 bits per heavy atom. The number of esters is 2. The molecule has 0 aliphatic carbocycles. The van der Waals surface area contributed by atoms with E-state index in [0.29, 0.717) is 32.4 Å². The molecule has 0 spiro atoms. The third-order valence-corrected chi connectivity index (χ3v) is 4.82. The second kappa shape index (κ2) is 8.59. The summed E-state index contributed by atoms with van der Waals surface area (Å²) in [5.74, 6) is -1.55. The van der Waals surface area contributed by atoms with Gasteiger partial charge in [-0.3, -0.25) is 9.59 Å². The van der Waals surface area contributed by atoms with Crippen molar-refractivity contribution in [3.05, 3.63) is 56.3 Å². The van der Waals surface area contributed by atoms with E-state index >= 15 is 0 Å². The Morgan fingerprint density at radius 1 is 1.15 bits per heavy atom. The molecular formula is C19H19Cl2NO5. The predicted octanol–water partition coefficient (Wildman–Crippen LogP) is 4.08. The standard InChI is InChI=1S/C19H19Cl2NO5/c1-9-16(19(25)26-4)10(2)22-17(9)18(24)11(3)27-15(23)8-12-5-6-13(20)14(21)7-12/h5-7,11,22H,8H2,1-4H3/t11-/m1/s1. The number of H-pyrrole nitrogens is 1. The van der Waals surface area contributed by atoms with E-state index in [9.17, 15) is 14.4 Å². The summed E-state index contributed by atoms with van der Waals surface area (Å²) in [7, 11) is 1.27. The largest absolute Gasteiger partial charge is 0.465 e. The van der Waals surface area contributed by atoms with E-state index < -0.39 is 23.8 Å². The van der Waals surface area contributed by atoms with Crippen LogP contribution in [0.15, 0.2) is 18.2 Å². The topological polar surface area (TPSA) is 85.5 Å². The average molecular weight is 412 g/mol. The van der Waals surface area contributed by atoms with Gasteiger partial charge < -0.3 is 14.5 Å². The summed E-state index contributed by atoms with van der Waals surface area (Å²) >= 11 is 11.8. The van der Waals surface area contributed by atoms with E-state index in [1.807, 2.05) is 0 Å². The van der Waals surface area contributed by atoms with Crippen molar-refractivity contribution < 1.29 is 23.9 Å². The molecule has 0 fully saturated rings. The maximum atomic E-state index is 12.6. The lowest BCUT2D eigenvalue weighted by Crippen LogP contribution is -2.26. The summed E-state index contributed by atoms with van der Waals surface area (Å²) in [6, 6.07) is 4.81. The molecule has 0 aliphatic rings. The number of aromatic nitrogens is 1. The molecule has 0 saturated heterocycles. The van der Waals surface area contributed by atoms with Gasteiger partial charge in [0.1, 0.15) is 0 Å². The van der Waals surface area contributed by atoms with Crippen LogP contribution in [0, 0.1) is 13.8 Å². The Bertz CT molecular complexity index is 904. The van der Waals surface area contributed by atoms with Crippen molar-refractivity contribution >= 4 is 40.9 Å². The average Bonchev–Trinajstić information content (AvgIpc) is 2.91. The number of nitrogens with one attached hydrogen (secondary N) is 1. The van der Waals surface area contributed by atoms with Gasteiger partial charge in [-0.25, -0.2) is 4.79 Å². The molecule has 0 amide bonds. The number of aryl methyl sites for hydroxylation is 1. The van der Waals surface area contributed by atoms with E-state index in [2.05, 4.69) is 4.98 Å². The Kier molecular flexibility index (Phi) is 6.68. The van der Waals surface area contributed by atoms with Gasteiger partial charge in [0.05, 0.1) is 34.8 Å². The molecule has 2 aromatic rings. The first-order chi connectivity index (χ1) is 12.6. The highest BCUT2D eigenvalue weighted by molar-refractivity contribution is 6.42. The van der Waals surface area contributed by atoms with Crippen molar-refractivity contribution in [2.24, 2.45) is 0 Å². The lowest BCUT2D eigenvalue weighted by Gasteiger charge is -2.12. The molecule has 0 bridgehead atoms. The maximum absolute atomic E-state index is 12.6. The Balaban J connectivity index is 2.10. The molecule has 0 aliphatic heterocycles. The molecule has 27 heavy (non-hydrogen) atoms. The lowest BCUT2D eigenvalue weighted by molar-refractivity contribution is -0.145. The summed E-state index contributed by atoms with van der Waals surface area (Å²) in [5.41, 5.74) is 2.10. The number of benzene rings is 1. The fourth-order valence-electron chi connectivity index (χ4n) is 2.72. The number of hydrogen-bond acceptors (Lipinski definition) is 5. The van der Waals surface area contributed by atoms with Gasteiger partial charge in [0.25, 0.3) is 0 Å². The van der Waals surface area contributed by atoms with Crippen LogP contribution in [0.3, 0.4) is 0 Å². The number of ether oxygens (including phenoxy) is 2. The molecule has 0 saturated carbocycles. The van der Waals surface area contributed by atoms with Crippen LogP contribution >= 0.6 is 23.2 Å². The zero-order valence-electron chi connectivity index (χ0n) is 15.3. The molecule has 1 aromatic heterocycles. The fourth-order valence-corrected chi connectivity index (χ4v) is 3.04. The summed E-state index contributed by atoms with van der Waals surface area (Å²) in [6.45, 7) is 4.77. The van der Waals surface area contributed by atoms with Crippen LogP contribution in [-0.4, -0.2) is 35.9 Å². The van der Waals surface area contributed by atoms with Crippen LogP contribution in [0.25, 0.3) is 0 Å². The van der Waals surface area contributed by atoms with Crippen LogP contribution in [0.2, 0.25) is 10.0 Å². The van der Waals surface area contributed by atoms with E-state index in [0.717, 1.165) is 0 Å². The Labute approximate surface area is 166 Å². The minimum atomic E-state index is -1.03. The highest BCUT2D eigenvalue weighted by Crippen LogP contribution is 2.23. The molecule has 0 radical (unpaired) electrons. The first-order valence-electron chi connectivity index (χ1n) is 8.10. The van der Waals surface area contributed by atoms with Gasteiger partial charge in [-0.1, -0.05) is 29.3 Å². The monoisotopic (exact) mass is 411 g/mol. The molecule has 0 unspecified atom stereocenters. The SMILES string of the molecule is COC(=O)c1c(C)[nH]c(C(=O)[C@@H](C)OC(=O)Cc2ccc(Cl)c(Cl)c2)c1C. The van der Waals surface area contributed by atoms with Crippen molar-refractivity contribution in [1.29, 1.82) is 0 Å². The first-order valence-corrected chi connectivity index (χ1v) is 8.86. The van der Waals surface area contributed by atoms with E-state index in [-0.39, 0.29) is 12.1 Å². The number of Topliss-reactive ketones (excluding diaryl/α,β-unsaturated/α-hetero) is 1. The van der Waals surface area contributed by atoms with Crippen LogP contribution in [0.4, 0.5) is 0 Å². The summed E-state index contributed by atoms with van der Waals surface area (Å²) in [5, 5.41) is 0.718. The smallest absolute Gasteiger partial charge is 0.339 e. The van der Waals surface area contributed by atoms with Crippen LogP contribution in [-0.2, 0) is 20.7 Å². The molecule has 6 nitrogen and oxygen atoms in total. The molecule has 144 valence electrons. The van der Waals surface area contributed by atoms with Crippen LogP contribution < -0.4 is 0 Å². The second-order valence-electron chi connectivity index (χ2n) is 6.04. The van der Waals surface area contributed by atoms with Gasteiger partial charge >= 0.3 is 11.9 Å². The number of carbonyl (C=O) groups excluding carboxylic acids is 3. The number of ketones is 1. The summed E-state index contributed by atoms with van der Waals surface area (Å²) in [6.07, 6.45) is -1.08. The molecule has 2 rings (SSSR count). The van der Waals surface area contributed by atoms with Crippen molar-refractivity contribution in [2.45, 2.75) is 33.3 Å².